The van der Waals surface area contributed by atoms with Gasteiger partial charge in [0.05, 0.1) is 0 Å². The molecule has 1 atom stereocenters. The summed E-state index contributed by atoms with van der Waals surface area (Å²) < 4.78 is 0. The first-order valence-electron chi connectivity index (χ1n) is 6.30. The van der Waals surface area contributed by atoms with Gasteiger partial charge in [-0.1, -0.05) is 35.9 Å². The topological polar surface area (TPSA) is 25.8 Å². The molecule has 1 aromatic carbocycles. The van der Waals surface area contributed by atoms with Crippen LogP contribution >= 0.6 is 11.6 Å². The number of hydrogen-bond acceptors (Lipinski definition) is 2. The Kier molecular flexibility index (Phi) is 3.04. The zero-order chi connectivity index (χ0) is 12.5. The van der Waals surface area contributed by atoms with Crippen molar-refractivity contribution in [3.05, 3.63) is 58.1 Å². The van der Waals surface area contributed by atoms with Crippen LogP contribution in [0.2, 0.25) is 5.15 Å². The molecule has 0 saturated heterocycles. The Labute approximate surface area is 112 Å². The molecule has 1 aromatic heterocycles. The average Bonchev–Trinajstić information content (AvgIpc) is 2.37. The molecule has 3 heteroatoms. The van der Waals surface area contributed by atoms with Crippen LogP contribution in [0.3, 0.4) is 0 Å². The van der Waals surface area contributed by atoms with Crippen molar-refractivity contribution in [1.82, 2.24) is 9.97 Å². The molecule has 1 heterocycles. The van der Waals surface area contributed by atoms with Gasteiger partial charge in [0, 0.05) is 11.6 Å². The van der Waals surface area contributed by atoms with Gasteiger partial charge in [-0.05, 0) is 43.4 Å². The fraction of sp³-hybridized carbons (Fsp3) is 0.333. The van der Waals surface area contributed by atoms with Crippen molar-refractivity contribution >= 4 is 11.6 Å². The summed E-state index contributed by atoms with van der Waals surface area (Å²) in [5.74, 6) is 1.30. The van der Waals surface area contributed by atoms with Crippen molar-refractivity contribution in [2.75, 3.05) is 0 Å². The summed E-state index contributed by atoms with van der Waals surface area (Å²) >= 11 is 6.02. The SMILES string of the molecule is Cc1cc(Cl)nc(C2CCc3ccccc3C2)n1. The Morgan fingerprint density at radius 3 is 2.72 bits per heavy atom. The number of aryl methyl sites for hydroxylation is 2. The maximum Gasteiger partial charge on any atom is 0.133 e. The lowest BCUT2D eigenvalue weighted by Gasteiger charge is -2.23. The minimum Gasteiger partial charge on any atom is -0.238 e. The molecule has 1 aliphatic carbocycles. The molecule has 18 heavy (non-hydrogen) atoms. The highest BCUT2D eigenvalue weighted by Gasteiger charge is 2.22. The first-order valence-corrected chi connectivity index (χ1v) is 6.68. The minimum atomic E-state index is 0.400. The van der Waals surface area contributed by atoms with Gasteiger partial charge in [-0.3, -0.25) is 0 Å². The summed E-state index contributed by atoms with van der Waals surface area (Å²) in [5, 5.41) is 0.552. The molecule has 0 amide bonds. The van der Waals surface area contributed by atoms with E-state index in [1.807, 2.05) is 13.0 Å². The molecule has 0 aliphatic heterocycles. The number of rotatable bonds is 1. The number of benzene rings is 1. The van der Waals surface area contributed by atoms with Gasteiger partial charge in [0.25, 0.3) is 0 Å². The Hall–Kier alpha value is -1.41. The van der Waals surface area contributed by atoms with Crippen molar-refractivity contribution < 1.29 is 0 Å². The molecule has 92 valence electrons. The van der Waals surface area contributed by atoms with Gasteiger partial charge in [0.2, 0.25) is 0 Å². The monoisotopic (exact) mass is 258 g/mol. The fourth-order valence-electron chi connectivity index (χ4n) is 2.65. The van der Waals surface area contributed by atoms with Gasteiger partial charge in [-0.2, -0.15) is 0 Å². The lowest BCUT2D eigenvalue weighted by molar-refractivity contribution is 0.553. The van der Waals surface area contributed by atoms with E-state index in [1.165, 1.54) is 11.1 Å². The van der Waals surface area contributed by atoms with Gasteiger partial charge in [-0.25, -0.2) is 9.97 Å². The largest absolute Gasteiger partial charge is 0.238 e. The van der Waals surface area contributed by atoms with Crippen LogP contribution in [0.5, 0.6) is 0 Å². The molecule has 2 nitrogen and oxygen atoms in total. The van der Waals surface area contributed by atoms with E-state index < -0.39 is 0 Å². The van der Waals surface area contributed by atoms with E-state index >= 15 is 0 Å². The van der Waals surface area contributed by atoms with Crippen molar-refractivity contribution in [2.45, 2.75) is 32.1 Å². The van der Waals surface area contributed by atoms with Crippen molar-refractivity contribution in [2.24, 2.45) is 0 Å². The second kappa shape index (κ2) is 4.69. The third-order valence-corrected chi connectivity index (χ3v) is 3.75. The summed E-state index contributed by atoms with van der Waals surface area (Å²) in [4.78, 5) is 8.92. The Bertz CT molecular complexity index is 560. The minimum absolute atomic E-state index is 0.400. The maximum atomic E-state index is 6.02. The quantitative estimate of drug-likeness (QED) is 0.729. The number of halogens is 1. The molecule has 1 unspecified atom stereocenters. The molecule has 0 saturated carbocycles. The van der Waals surface area contributed by atoms with Crippen molar-refractivity contribution in [1.29, 1.82) is 0 Å². The lowest BCUT2D eigenvalue weighted by atomic mass is 9.83. The highest BCUT2D eigenvalue weighted by molar-refractivity contribution is 6.29. The number of nitrogens with zero attached hydrogens (tertiary/aromatic N) is 2. The standard InChI is InChI=1S/C15H15ClN2/c1-10-8-14(16)18-15(17-10)13-7-6-11-4-2-3-5-12(11)9-13/h2-5,8,13H,6-7,9H2,1H3. The zero-order valence-electron chi connectivity index (χ0n) is 10.4. The normalized spacial score (nSPS) is 18.4. The molecule has 0 spiro atoms. The second-order valence-corrected chi connectivity index (χ2v) is 5.29. The molecule has 0 bridgehead atoms. The molecule has 0 radical (unpaired) electrons. The van der Waals surface area contributed by atoms with Gasteiger partial charge < -0.3 is 0 Å². The molecule has 3 rings (SSSR count). The Balaban J connectivity index is 1.91. The number of fused-ring (bicyclic) bond motifs is 1. The van der Waals surface area contributed by atoms with E-state index in [0.29, 0.717) is 11.1 Å². The van der Waals surface area contributed by atoms with Gasteiger partial charge >= 0.3 is 0 Å². The van der Waals surface area contributed by atoms with E-state index in [4.69, 9.17) is 11.6 Å². The molecule has 1 aliphatic rings. The van der Waals surface area contributed by atoms with Crippen LogP contribution in [-0.4, -0.2) is 9.97 Å². The van der Waals surface area contributed by atoms with Crippen LogP contribution in [0.1, 0.15) is 35.0 Å². The number of aromatic nitrogens is 2. The van der Waals surface area contributed by atoms with Crippen LogP contribution < -0.4 is 0 Å². The summed E-state index contributed by atoms with van der Waals surface area (Å²) in [6.45, 7) is 1.97. The van der Waals surface area contributed by atoms with E-state index in [0.717, 1.165) is 30.8 Å². The third-order valence-electron chi connectivity index (χ3n) is 3.55. The van der Waals surface area contributed by atoms with Crippen molar-refractivity contribution in [3.63, 3.8) is 0 Å². The van der Waals surface area contributed by atoms with E-state index in [2.05, 4.69) is 34.2 Å². The predicted octanol–water partition coefficient (Wildman–Crippen LogP) is 3.71. The van der Waals surface area contributed by atoms with E-state index in [9.17, 15) is 0 Å². The average molecular weight is 259 g/mol. The summed E-state index contributed by atoms with van der Waals surface area (Å²) in [6, 6.07) is 10.4. The summed E-state index contributed by atoms with van der Waals surface area (Å²) in [7, 11) is 0. The molecule has 0 N–H and O–H groups in total. The Morgan fingerprint density at radius 2 is 1.94 bits per heavy atom. The molecular formula is C15H15ClN2. The van der Waals surface area contributed by atoms with Gasteiger partial charge in [-0.15, -0.1) is 0 Å². The van der Waals surface area contributed by atoms with Gasteiger partial charge in [0.1, 0.15) is 11.0 Å². The van der Waals surface area contributed by atoms with Crippen LogP contribution in [0, 0.1) is 6.92 Å². The summed E-state index contributed by atoms with van der Waals surface area (Å²) in [5.41, 5.74) is 3.84. The zero-order valence-corrected chi connectivity index (χ0v) is 11.1. The van der Waals surface area contributed by atoms with Gasteiger partial charge in [0.15, 0.2) is 0 Å². The predicted molar refractivity (Wildman–Crippen MR) is 73.0 cm³/mol. The fourth-order valence-corrected chi connectivity index (χ4v) is 2.90. The second-order valence-electron chi connectivity index (χ2n) is 4.90. The highest BCUT2D eigenvalue weighted by atomic mass is 35.5. The third kappa shape index (κ3) is 2.25. The molecule has 0 fully saturated rings. The smallest absolute Gasteiger partial charge is 0.133 e. The molecule has 2 aromatic rings. The van der Waals surface area contributed by atoms with Crippen LogP contribution in [0.25, 0.3) is 0 Å². The number of hydrogen-bond donors (Lipinski definition) is 0. The van der Waals surface area contributed by atoms with Crippen LogP contribution in [0.4, 0.5) is 0 Å². The van der Waals surface area contributed by atoms with E-state index in [1.54, 1.807) is 0 Å². The van der Waals surface area contributed by atoms with Crippen LogP contribution in [0.15, 0.2) is 30.3 Å². The maximum absolute atomic E-state index is 6.02. The Morgan fingerprint density at radius 1 is 1.17 bits per heavy atom. The lowest BCUT2D eigenvalue weighted by Crippen LogP contribution is -2.15. The van der Waals surface area contributed by atoms with E-state index in [-0.39, 0.29) is 0 Å². The summed E-state index contributed by atoms with van der Waals surface area (Å²) in [6.07, 6.45) is 3.24. The molecular weight excluding hydrogens is 244 g/mol. The van der Waals surface area contributed by atoms with Crippen molar-refractivity contribution in [3.8, 4) is 0 Å². The first kappa shape index (κ1) is 11.7. The highest BCUT2D eigenvalue weighted by Crippen LogP contribution is 2.31. The van der Waals surface area contributed by atoms with Crippen LogP contribution in [-0.2, 0) is 12.8 Å². The first-order chi connectivity index (χ1) is 8.72.